The molecule has 1 saturated heterocycles. The van der Waals surface area contributed by atoms with Gasteiger partial charge >= 0.3 is 6.03 Å². The summed E-state index contributed by atoms with van der Waals surface area (Å²) in [6, 6.07) is 9.91. The van der Waals surface area contributed by atoms with E-state index in [4.69, 9.17) is 4.74 Å². The zero-order valence-corrected chi connectivity index (χ0v) is 13.8. The van der Waals surface area contributed by atoms with Gasteiger partial charge in [0.15, 0.2) is 0 Å². The quantitative estimate of drug-likeness (QED) is 0.856. The van der Waals surface area contributed by atoms with Crippen LogP contribution in [0.3, 0.4) is 0 Å². The van der Waals surface area contributed by atoms with Gasteiger partial charge in [-0.1, -0.05) is 30.3 Å². The van der Waals surface area contributed by atoms with Gasteiger partial charge in [0, 0.05) is 32.5 Å². The fourth-order valence-electron chi connectivity index (χ4n) is 2.86. The van der Waals surface area contributed by atoms with Crippen molar-refractivity contribution in [3.63, 3.8) is 0 Å². The Balaban J connectivity index is 1.40. The van der Waals surface area contributed by atoms with E-state index in [1.54, 1.807) is 6.20 Å². The minimum Gasteiger partial charge on any atom is -0.381 e. The Morgan fingerprint density at radius 2 is 2.04 bits per heavy atom. The summed E-state index contributed by atoms with van der Waals surface area (Å²) in [5.41, 5.74) is 1.93. The van der Waals surface area contributed by atoms with Gasteiger partial charge in [0.2, 0.25) is 0 Å². The summed E-state index contributed by atoms with van der Waals surface area (Å²) >= 11 is 0. The molecule has 6 heteroatoms. The molecule has 3 rings (SSSR count). The van der Waals surface area contributed by atoms with Crippen molar-refractivity contribution in [2.75, 3.05) is 25.1 Å². The summed E-state index contributed by atoms with van der Waals surface area (Å²) < 4.78 is 7.27. The molecule has 0 unspecified atom stereocenters. The van der Waals surface area contributed by atoms with Gasteiger partial charge in [0.05, 0.1) is 11.9 Å². The monoisotopic (exact) mass is 328 g/mol. The first-order valence-electron chi connectivity index (χ1n) is 8.48. The maximum atomic E-state index is 11.9. The standard InChI is InChI=1S/C18H24N4O2/c23-18(19-9-6-15-4-2-1-3-5-15)21-17-12-20-22(14-17)13-16-7-10-24-11-8-16/h1-5,12,14,16H,6-11,13H2,(H2,19,21,23). The average molecular weight is 328 g/mol. The van der Waals surface area contributed by atoms with E-state index < -0.39 is 0 Å². The van der Waals surface area contributed by atoms with Crippen LogP contribution in [0.25, 0.3) is 0 Å². The molecule has 6 nitrogen and oxygen atoms in total. The number of amides is 2. The van der Waals surface area contributed by atoms with Crippen molar-refractivity contribution in [3.05, 3.63) is 48.3 Å². The predicted octanol–water partition coefficient (Wildman–Crippen LogP) is 2.67. The van der Waals surface area contributed by atoms with E-state index in [0.29, 0.717) is 12.5 Å². The van der Waals surface area contributed by atoms with Gasteiger partial charge in [0.1, 0.15) is 0 Å². The Kier molecular flexibility index (Phi) is 5.85. The lowest BCUT2D eigenvalue weighted by Crippen LogP contribution is -2.30. The number of nitrogens with one attached hydrogen (secondary N) is 2. The van der Waals surface area contributed by atoms with Crippen LogP contribution in [-0.2, 0) is 17.7 Å². The van der Waals surface area contributed by atoms with Crippen molar-refractivity contribution < 1.29 is 9.53 Å². The van der Waals surface area contributed by atoms with Crippen molar-refractivity contribution >= 4 is 11.7 Å². The third-order valence-corrected chi connectivity index (χ3v) is 4.22. The van der Waals surface area contributed by atoms with Crippen molar-refractivity contribution in [1.82, 2.24) is 15.1 Å². The first-order valence-corrected chi connectivity index (χ1v) is 8.48. The predicted molar refractivity (Wildman–Crippen MR) is 92.9 cm³/mol. The average Bonchev–Trinajstić information content (AvgIpc) is 3.03. The summed E-state index contributed by atoms with van der Waals surface area (Å²) in [5, 5.41) is 10.0. The lowest BCUT2D eigenvalue weighted by atomic mass is 10.0. The van der Waals surface area contributed by atoms with Crippen LogP contribution in [0.5, 0.6) is 0 Å². The van der Waals surface area contributed by atoms with E-state index in [2.05, 4.69) is 27.9 Å². The summed E-state index contributed by atoms with van der Waals surface area (Å²) in [7, 11) is 0. The Hall–Kier alpha value is -2.34. The van der Waals surface area contributed by atoms with E-state index in [0.717, 1.165) is 44.7 Å². The smallest absolute Gasteiger partial charge is 0.319 e. The molecular weight excluding hydrogens is 304 g/mol. The maximum absolute atomic E-state index is 11.9. The lowest BCUT2D eigenvalue weighted by Gasteiger charge is -2.21. The highest BCUT2D eigenvalue weighted by molar-refractivity contribution is 5.88. The number of aromatic nitrogens is 2. The number of nitrogens with zero attached hydrogens (tertiary/aromatic N) is 2. The molecule has 1 aromatic carbocycles. The number of carbonyl (C=O) groups excluding carboxylic acids is 1. The molecule has 2 amide bonds. The second-order valence-corrected chi connectivity index (χ2v) is 6.12. The van der Waals surface area contributed by atoms with Crippen molar-refractivity contribution in [3.8, 4) is 0 Å². The third-order valence-electron chi connectivity index (χ3n) is 4.22. The van der Waals surface area contributed by atoms with Gasteiger partial charge in [-0.3, -0.25) is 4.68 Å². The van der Waals surface area contributed by atoms with E-state index in [1.165, 1.54) is 5.56 Å². The van der Waals surface area contributed by atoms with Crippen LogP contribution < -0.4 is 10.6 Å². The molecule has 0 radical (unpaired) electrons. The van der Waals surface area contributed by atoms with Gasteiger partial charge in [-0.15, -0.1) is 0 Å². The van der Waals surface area contributed by atoms with Gasteiger partial charge < -0.3 is 15.4 Å². The zero-order chi connectivity index (χ0) is 16.6. The van der Waals surface area contributed by atoms with E-state index in [9.17, 15) is 4.79 Å². The fourth-order valence-corrected chi connectivity index (χ4v) is 2.86. The van der Waals surface area contributed by atoms with E-state index in [-0.39, 0.29) is 6.03 Å². The van der Waals surface area contributed by atoms with Crippen LogP contribution in [0.2, 0.25) is 0 Å². The van der Waals surface area contributed by atoms with Crippen molar-refractivity contribution in [2.45, 2.75) is 25.8 Å². The Morgan fingerprint density at radius 1 is 1.25 bits per heavy atom. The number of carbonyl (C=O) groups is 1. The van der Waals surface area contributed by atoms with Gasteiger partial charge in [-0.2, -0.15) is 5.10 Å². The third kappa shape index (κ3) is 5.09. The molecule has 0 aliphatic carbocycles. The highest BCUT2D eigenvalue weighted by Gasteiger charge is 2.15. The number of benzene rings is 1. The molecule has 2 N–H and O–H groups in total. The first kappa shape index (κ1) is 16.5. The normalized spacial score (nSPS) is 15.2. The number of anilines is 1. The molecule has 0 saturated carbocycles. The molecule has 0 bridgehead atoms. The molecule has 1 aromatic heterocycles. The molecule has 24 heavy (non-hydrogen) atoms. The lowest BCUT2D eigenvalue weighted by molar-refractivity contribution is 0.0601. The minimum atomic E-state index is -0.198. The molecule has 1 aliphatic rings. The maximum Gasteiger partial charge on any atom is 0.319 e. The molecule has 1 aliphatic heterocycles. The summed E-state index contributed by atoms with van der Waals surface area (Å²) in [4.78, 5) is 11.9. The van der Waals surface area contributed by atoms with Crippen LogP contribution >= 0.6 is 0 Å². The second-order valence-electron chi connectivity index (χ2n) is 6.12. The Bertz CT molecular complexity index is 635. The molecule has 1 fully saturated rings. The summed E-state index contributed by atoms with van der Waals surface area (Å²) in [6.45, 7) is 3.15. The topological polar surface area (TPSA) is 68.2 Å². The van der Waals surface area contributed by atoms with Crippen LogP contribution in [0, 0.1) is 5.92 Å². The van der Waals surface area contributed by atoms with Gasteiger partial charge in [-0.25, -0.2) is 4.79 Å². The molecule has 2 heterocycles. The number of hydrogen-bond acceptors (Lipinski definition) is 3. The first-order chi connectivity index (χ1) is 11.8. The number of hydrogen-bond donors (Lipinski definition) is 2. The fraction of sp³-hybridized carbons (Fsp3) is 0.444. The van der Waals surface area contributed by atoms with Crippen LogP contribution in [0.1, 0.15) is 18.4 Å². The minimum absolute atomic E-state index is 0.198. The van der Waals surface area contributed by atoms with Crippen molar-refractivity contribution in [1.29, 1.82) is 0 Å². The van der Waals surface area contributed by atoms with Crippen molar-refractivity contribution in [2.24, 2.45) is 5.92 Å². The number of urea groups is 1. The summed E-state index contributed by atoms with van der Waals surface area (Å²) in [6.07, 6.45) is 6.53. The summed E-state index contributed by atoms with van der Waals surface area (Å²) in [5.74, 6) is 0.603. The molecule has 2 aromatic rings. The molecule has 0 spiro atoms. The Morgan fingerprint density at radius 3 is 2.83 bits per heavy atom. The van der Waals surface area contributed by atoms with Crippen LogP contribution in [0.15, 0.2) is 42.7 Å². The highest BCUT2D eigenvalue weighted by Crippen LogP contribution is 2.17. The van der Waals surface area contributed by atoms with Crippen LogP contribution in [-0.4, -0.2) is 35.6 Å². The van der Waals surface area contributed by atoms with Gasteiger partial charge in [-0.05, 0) is 30.7 Å². The van der Waals surface area contributed by atoms with E-state index in [1.807, 2.05) is 29.1 Å². The molecule has 0 atom stereocenters. The number of rotatable bonds is 6. The van der Waals surface area contributed by atoms with Crippen LogP contribution in [0.4, 0.5) is 10.5 Å². The van der Waals surface area contributed by atoms with Gasteiger partial charge in [0.25, 0.3) is 0 Å². The molecule has 128 valence electrons. The Labute approximate surface area is 142 Å². The SMILES string of the molecule is O=C(NCCc1ccccc1)Nc1cnn(CC2CCOCC2)c1. The highest BCUT2D eigenvalue weighted by atomic mass is 16.5. The zero-order valence-electron chi connectivity index (χ0n) is 13.8. The second kappa shape index (κ2) is 8.49. The molecular formula is C18H24N4O2. The number of ether oxygens (including phenoxy) is 1. The van der Waals surface area contributed by atoms with E-state index >= 15 is 0 Å². The largest absolute Gasteiger partial charge is 0.381 e.